The minimum atomic E-state index is -1.64. The molecule has 102 heavy (non-hydrogen) atoms. The summed E-state index contributed by atoms with van der Waals surface area (Å²) in [5.41, 5.74) is 17.1. The summed E-state index contributed by atoms with van der Waals surface area (Å²) in [4.78, 5) is 194. The molecule has 5 heterocycles. The second-order valence-corrected chi connectivity index (χ2v) is 28.9. The van der Waals surface area contributed by atoms with Crippen LogP contribution in [0, 0.1) is 23.7 Å². The molecule has 3 aromatic heterocycles. The van der Waals surface area contributed by atoms with E-state index in [1.165, 1.54) is 52.9 Å². The number of hydrogen-bond donors (Lipinski definition) is 18. The second kappa shape index (κ2) is 42.1. The maximum absolute atomic E-state index is 14.8. The number of aromatic nitrogens is 6. The highest BCUT2D eigenvalue weighted by Gasteiger charge is 2.43. The fourth-order valence-electron chi connectivity index (χ4n) is 12.2. The van der Waals surface area contributed by atoms with Crippen molar-refractivity contribution >= 4 is 82.7 Å². The number of rotatable bonds is 44. The first-order valence-electron chi connectivity index (χ1n) is 35.1. The first kappa shape index (κ1) is 84.1. The number of imidazole rings is 3. The first-order valence-corrected chi connectivity index (χ1v) is 36.4. The van der Waals surface area contributed by atoms with E-state index < -0.39 is 150 Å². The summed E-state index contributed by atoms with van der Waals surface area (Å²) in [6.45, 7) is 14.4. The molecule has 35 nitrogen and oxygen atoms in total. The second-order valence-electron chi connectivity index (χ2n) is 27.9. The van der Waals surface area contributed by atoms with Crippen LogP contribution >= 0.6 is 11.8 Å². The quantitative estimate of drug-likeness (QED) is 0.0192. The van der Waals surface area contributed by atoms with E-state index in [9.17, 15) is 67.7 Å². The van der Waals surface area contributed by atoms with Gasteiger partial charge in [-0.05, 0) is 113 Å². The lowest BCUT2D eigenvalue weighted by Crippen LogP contribution is -2.70. The summed E-state index contributed by atoms with van der Waals surface area (Å²) < 4.78 is 0. The maximum Gasteiger partial charge on any atom is 0.328 e. The van der Waals surface area contributed by atoms with Gasteiger partial charge in [-0.2, -0.15) is 11.8 Å². The Labute approximate surface area is 598 Å². The fourth-order valence-corrected chi connectivity index (χ4v) is 12.7. The van der Waals surface area contributed by atoms with Gasteiger partial charge in [-0.3, -0.25) is 58.1 Å². The Morgan fingerprint density at radius 1 is 0.510 bits per heavy atom. The van der Waals surface area contributed by atoms with Crippen LogP contribution in [0.3, 0.4) is 0 Å². The van der Waals surface area contributed by atoms with Crippen LogP contribution in [0.4, 0.5) is 0 Å². The number of nitrogens with zero attached hydrogens (tertiary/aromatic N) is 5. The van der Waals surface area contributed by atoms with Crippen molar-refractivity contribution in [2.24, 2.45) is 35.1 Å². The molecule has 2 aliphatic rings. The number of nitrogens with two attached hydrogens (primary N) is 2. The molecule has 0 spiro atoms. The molecule has 568 valence electrons. The fraction of sp³-hybridized carbons (Fsp3) is 0.682. The highest BCUT2D eigenvalue weighted by molar-refractivity contribution is 7.98. The number of aromatic amines is 3. The number of nitrogens with one attached hydrogen (secondary N) is 13. The molecule has 3 aromatic rings. The van der Waals surface area contributed by atoms with Gasteiger partial charge in [0.1, 0.15) is 72.7 Å². The predicted octanol–water partition coefficient (Wildman–Crippen LogP) is -3.58. The molecule has 0 aromatic carbocycles. The number of amides is 11. The number of carboxylic acid groups (broad SMARTS) is 1. The molecule has 36 heteroatoms. The van der Waals surface area contributed by atoms with Gasteiger partial charge in [-0.15, -0.1) is 0 Å². The molecule has 0 unspecified atom stereocenters. The minimum absolute atomic E-state index is 0.0282. The zero-order valence-electron chi connectivity index (χ0n) is 60.0. The lowest BCUT2D eigenvalue weighted by atomic mass is 9.99. The molecule has 12 atom stereocenters. The normalized spacial score (nSPS) is 17.5. The monoisotopic (exact) mass is 1450 g/mol. The van der Waals surface area contributed by atoms with Crippen LogP contribution in [0.2, 0.25) is 0 Å². The van der Waals surface area contributed by atoms with Crippen molar-refractivity contribution in [2.45, 2.75) is 224 Å². The van der Waals surface area contributed by atoms with Crippen molar-refractivity contribution in [3.05, 3.63) is 54.7 Å². The molecular weight excluding hydrogens is 1340 g/mol. The van der Waals surface area contributed by atoms with Crippen molar-refractivity contribution in [1.29, 1.82) is 0 Å². The number of carbonyl (C=O) groups is 12. The molecule has 2 aliphatic heterocycles. The Bertz CT molecular complexity index is 3190. The molecule has 2 saturated heterocycles. The topological polar surface area (TPSA) is 538 Å². The summed E-state index contributed by atoms with van der Waals surface area (Å²) in [6, 6.07) is -14.8. The number of aliphatic hydroxyl groups is 1. The highest BCUT2D eigenvalue weighted by atomic mass is 32.2. The van der Waals surface area contributed by atoms with Gasteiger partial charge in [0.2, 0.25) is 59.1 Å². The van der Waals surface area contributed by atoms with E-state index in [4.69, 9.17) is 11.5 Å². The van der Waals surface area contributed by atoms with Gasteiger partial charge >= 0.3 is 5.97 Å². The summed E-state index contributed by atoms with van der Waals surface area (Å²) >= 11 is 1.39. The molecule has 2 fully saturated rings. The number of carbonyl (C=O) groups excluding carboxylic acids is 11. The molecule has 5 rings (SSSR count). The number of thioether (sulfide) groups is 1. The predicted molar refractivity (Wildman–Crippen MR) is 375 cm³/mol. The summed E-state index contributed by atoms with van der Waals surface area (Å²) in [7, 11) is 0. The zero-order valence-corrected chi connectivity index (χ0v) is 60.8. The molecule has 0 bridgehead atoms. The SMILES string of the molecule is CSCC[C@H](NC(=O)[C@H](CC(C)C)NC(=O)[C@H](CC(C)C)NC(=O)[C@@H]1CCCN1C(=O)[C@@H]([NH3+])Cc1cnc[nH]1)C(=O)N[C@@H](CCCNC(N)N)C(=O)N[C@@H](CC(C)C)C(=O)N[C@@H](CC(C)C)C(=O)N[C@@H](Cc1cnc[nH]1)C(=O)N[C@@H](Cc1cnc[nH]1)C(=O)N1CCC[C@H]1C(=O)N[C@@H](CO)C(=O)O. The van der Waals surface area contributed by atoms with Gasteiger partial charge in [-0.1, -0.05) is 55.4 Å². The van der Waals surface area contributed by atoms with Crippen LogP contribution < -0.4 is 70.4 Å². The van der Waals surface area contributed by atoms with Crippen molar-refractivity contribution in [3.63, 3.8) is 0 Å². The Balaban J connectivity index is 1.35. The van der Waals surface area contributed by atoms with E-state index in [2.05, 4.69) is 88.8 Å². The molecule has 0 aliphatic carbocycles. The van der Waals surface area contributed by atoms with Gasteiger partial charge in [0, 0.05) is 61.6 Å². The van der Waals surface area contributed by atoms with Gasteiger partial charge in [0.25, 0.3) is 5.91 Å². The number of carboxylic acids is 1. The van der Waals surface area contributed by atoms with Gasteiger partial charge in [0.15, 0.2) is 6.04 Å². The molecule has 0 saturated carbocycles. The van der Waals surface area contributed by atoms with Crippen LogP contribution in [0.15, 0.2) is 37.6 Å². The Kier molecular flexibility index (Phi) is 34.7. The average Bonchev–Trinajstić information content (AvgIpc) is 1.56. The van der Waals surface area contributed by atoms with Crippen LogP contribution in [0.25, 0.3) is 0 Å². The van der Waals surface area contributed by atoms with Crippen molar-refractivity contribution in [3.8, 4) is 0 Å². The van der Waals surface area contributed by atoms with Crippen molar-refractivity contribution < 1.29 is 73.5 Å². The molecule has 22 N–H and O–H groups in total. The number of aliphatic carboxylic acids is 1. The van der Waals surface area contributed by atoms with E-state index in [-0.39, 0.29) is 113 Å². The Morgan fingerprint density at radius 3 is 1.25 bits per heavy atom. The maximum atomic E-state index is 14.8. The van der Waals surface area contributed by atoms with Gasteiger partial charge < -0.3 is 100 Å². The van der Waals surface area contributed by atoms with Crippen LogP contribution in [0.5, 0.6) is 0 Å². The van der Waals surface area contributed by atoms with Gasteiger partial charge in [0.05, 0.1) is 32.0 Å². The molecule has 0 radical (unpaired) electrons. The Hall–Kier alpha value is -8.58. The Morgan fingerprint density at radius 2 is 0.863 bits per heavy atom. The lowest BCUT2D eigenvalue weighted by Gasteiger charge is -2.31. The molecular formula is C66H110N21O14S+. The number of hydrogen-bond acceptors (Lipinski definition) is 20. The summed E-state index contributed by atoms with van der Waals surface area (Å²) in [6.07, 6.45) is 11.6. The van der Waals surface area contributed by atoms with E-state index in [1.807, 2.05) is 47.8 Å². The summed E-state index contributed by atoms with van der Waals surface area (Å²) in [5.74, 6) is -9.58. The van der Waals surface area contributed by atoms with Crippen LogP contribution in [-0.4, -0.2) is 238 Å². The van der Waals surface area contributed by atoms with Crippen LogP contribution in [0.1, 0.15) is 143 Å². The van der Waals surface area contributed by atoms with E-state index in [0.717, 1.165) is 0 Å². The minimum Gasteiger partial charge on any atom is -0.480 e. The lowest BCUT2D eigenvalue weighted by molar-refractivity contribution is -0.405. The number of aliphatic hydroxyl groups excluding tert-OH is 1. The standard InChI is InChI=1S/C66H109N21O14S/c1-35(2)21-45(80-59(94)48(24-38(7)8)83-61(96)52-14-11-18-86(52)63(98)42(67)25-39-28-70-32-74-39)56(91)78-44(16-20-102-9)55(90)77-43(13-10-17-73-66(68)69)54(89)79-46(22-36(3)4)57(92)81-47(23-37(5)6)58(93)82-49(26-40-29-71-33-75-40)60(95)84-50(27-41-30-72-34-76-41)64(99)87-19-12-15-53(87)62(97)85-51(31-88)65(100)101/h28-30,32-38,42-53,66,73,88H,10-27,31,67-69H2,1-9H3,(H,70,74)(H,71,75)(H,72,76)(H,77,90)(H,78,91)(H,79,89)(H,80,94)(H,81,92)(H,82,93)(H,83,96)(H,84,95)(H,85,97)(H,100,101)/p+1/t42-,43-,44-,45-,46-,47-,48-,49-,50-,51-,52-,53-/m0/s1. The van der Waals surface area contributed by atoms with Crippen molar-refractivity contribution in [2.75, 3.05) is 38.2 Å². The van der Waals surface area contributed by atoms with Crippen molar-refractivity contribution in [1.82, 2.24) is 92.9 Å². The third kappa shape index (κ3) is 27.3. The average molecular weight is 1450 g/mol. The van der Waals surface area contributed by atoms with E-state index in [1.54, 1.807) is 20.0 Å². The molecule has 11 amide bonds. The number of likely N-dealkylation sites (tertiary alicyclic amines) is 2. The third-order valence-corrected chi connectivity index (χ3v) is 18.0. The summed E-state index contributed by atoms with van der Waals surface area (Å²) in [5, 5.41) is 46.7. The number of H-pyrrole nitrogens is 3. The van der Waals surface area contributed by atoms with E-state index in [0.29, 0.717) is 48.6 Å². The third-order valence-electron chi connectivity index (χ3n) is 17.3. The zero-order chi connectivity index (χ0) is 75.3. The van der Waals surface area contributed by atoms with Gasteiger partial charge in [-0.25, -0.2) is 19.7 Å². The van der Waals surface area contributed by atoms with E-state index >= 15 is 0 Å². The first-order chi connectivity index (χ1) is 48.4. The highest BCUT2D eigenvalue weighted by Crippen LogP contribution is 2.23. The largest absolute Gasteiger partial charge is 0.480 e. The number of quaternary nitrogens is 1. The smallest absolute Gasteiger partial charge is 0.328 e. The van der Waals surface area contributed by atoms with Crippen LogP contribution in [-0.2, 0) is 76.8 Å².